The molecule has 0 atom stereocenters. The Hall–Kier alpha value is -1.73. The second kappa shape index (κ2) is 5.72. The minimum absolute atomic E-state index is 0.000304. The molecular formula is C12H14ClN3O4. The van der Waals surface area contributed by atoms with E-state index >= 15 is 0 Å². The first-order valence-corrected chi connectivity index (χ1v) is 6.60. The van der Waals surface area contributed by atoms with Crippen molar-refractivity contribution >= 4 is 23.2 Å². The van der Waals surface area contributed by atoms with E-state index < -0.39 is 22.1 Å². The van der Waals surface area contributed by atoms with Crippen LogP contribution in [0.5, 0.6) is 0 Å². The van der Waals surface area contributed by atoms with Crippen LogP contribution in [0.2, 0.25) is 5.15 Å². The van der Waals surface area contributed by atoms with E-state index in [9.17, 15) is 20.0 Å². The van der Waals surface area contributed by atoms with Crippen molar-refractivity contribution in [3.63, 3.8) is 0 Å². The zero-order chi connectivity index (χ0) is 14.8. The molecule has 0 aliphatic heterocycles. The molecule has 0 unspecified atom stereocenters. The van der Waals surface area contributed by atoms with Gasteiger partial charge in [0.15, 0.2) is 0 Å². The van der Waals surface area contributed by atoms with E-state index in [-0.39, 0.29) is 17.3 Å². The normalized spacial score (nSPS) is 16.9. The number of pyridine rings is 1. The van der Waals surface area contributed by atoms with Gasteiger partial charge in [-0.25, -0.2) is 4.98 Å². The Labute approximate surface area is 120 Å². The van der Waals surface area contributed by atoms with Crippen molar-refractivity contribution in [2.24, 2.45) is 0 Å². The van der Waals surface area contributed by atoms with Crippen LogP contribution in [0, 0.1) is 10.1 Å². The number of halogens is 1. The van der Waals surface area contributed by atoms with Crippen molar-refractivity contribution < 1.29 is 14.8 Å². The molecule has 1 fully saturated rings. The maximum absolute atomic E-state index is 12.0. The fourth-order valence-corrected chi connectivity index (χ4v) is 2.46. The van der Waals surface area contributed by atoms with E-state index in [0.717, 1.165) is 25.1 Å². The highest BCUT2D eigenvalue weighted by atomic mass is 35.5. The molecule has 2 N–H and O–H groups in total. The number of rotatable bonds is 4. The summed E-state index contributed by atoms with van der Waals surface area (Å²) in [5.74, 6) is -0.638. The molecule has 1 aliphatic rings. The lowest BCUT2D eigenvalue weighted by Gasteiger charge is -2.22. The van der Waals surface area contributed by atoms with E-state index in [1.807, 2.05) is 0 Å². The van der Waals surface area contributed by atoms with Crippen molar-refractivity contribution in [1.29, 1.82) is 0 Å². The Morgan fingerprint density at radius 2 is 2.20 bits per heavy atom. The zero-order valence-electron chi connectivity index (χ0n) is 10.6. The summed E-state index contributed by atoms with van der Waals surface area (Å²) in [6, 6.07) is 1.15. The third-order valence-corrected chi connectivity index (χ3v) is 3.61. The van der Waals surface area contributed by atoms with Gasteiger partial charge in [-0.05, 0) is 18.9 Å². The smallest absolute Gasteiger partial charge is 0.300 e. The van der Waals surface area contributed by atoms with Gasteiger partial charge in [0.2, 0.25) is 0 Å². The van der Waals surface area contributed by atoms with Gasteiger partial charge < -0.3 is 10.4 Å². The van der Waals surface area contributed by atoms with Crippen molar-refractivity contribution in [2.45, 2.75) is 31.3 Å². The first-order chi connectivity index (χ1) is 9.41. The van der Waals surface area contributed by atoms with E-state index in [4.69, 9.17) is 11.6 Å². The number of carbonyl (C=O) groups excluding carboxylic acids is 1. The number of nitro groups is 1. The molecule has 108 valence electrons. The van der Waals surface area contributed by atoms with Crippen molar-refractivity contribution in [3.8, 4) is 0 Å². The highest BCUT2D eigenvalue weighted by Gasteiger charge is 2.32. The van der Waals surface area contributed by atoms with Gasteiger partial charge in [-0.1, -0.05) is 24.4 Å². The third-order valence-electron chi connectivity index (χ3n) is 3.40. The maximum Gasteiger partial charge on any atom is 0.300 e. The summed E-state index contributed by atoms with van der Waals surface area (Å²) in [5, 5.41) is 23.5. The fourth-order valence-electron chi connectivity index (χ4n) is 2.30. The van der Waals surface area contributed by atoms with Gasteiger partial charge in [0.05, 0.1) is 10.5 Å². The first kappa shape index (κ1) is 14.7. The lowest BCUT2D eigenvalue weighted by molar-refractivity contribution is -0.385. The first-order valence-electron chi connectivity index (χ1n) is 6.22. The molecule has 1 aliphatic carbocycles. The lowest BCUT2D eigenvalue weighted by Crippen LogP contribution is -2.40. The highest BCUT2D eigenvalue weighted by Crippen LogP contribution is 2.29. The minimum atomic E-state index is -0.915. The number of nitrogens with one attached hydrogen (secondary N) is 1. The van der Waals surface area contributed by atoms with Gasteiger partial charge in [0, 0.05) is 6.54 Å². The second-order valence-corrected chi connectivity index (χ2v) is 5.28. The Bertz CT molecular complexity index is 544. The quantitative estimate of drug-likeness (QED) is 0.500. The van der Waals surface area contributed by atoms with Crippen molar-refractivity contribution in [2.75, 3.05) is 6.54 Å². The average Bonchev–Trinajstić information content (AvgIpc) is 2.83. The van der Waals surface area contributed by atoms with Gasteiger partial charge in [0.25, 0.3) is 11.6 Å². The molecular weight excluding hydrogens is 286 g/mol. The molecule has 1 saturated carbocycles. The van der Waals surface area contributed by atoms with Crippen LogP contribution >= 0.6 is 11.6 Å². The molecule has 7 nitrogen and oxygen atoms in total. The van der Waals surface area contributed by atoms with Gasteiger partial charge in [-0.3, -0.25) is 14.9 Å². The largest absolute Gasteiger partial charge is 0.388 e. The number of aromatic nitrogens is 1. The van der Waals surface area contributed by atoms with E-state index in [1.165, 1.54) is 0 Å². The lowest BCUT2D eigenvalue weighted by atomic mass is 10.0. The molecule has 0 spiro atoms. The van der Waals surface area contributed by atoms with Crippen LogP contribution in [-0.4, -0.2) is 33.1 Å². The molecule has 0 saturated heterocycles. The van der Waals surface area contributed by atoms with Gasteiger partial charge in [-0.2, -0.15) is 0 Å². The van der Waals surface area contributed by atoms with Crippen LogP contribution < -0.4 is 5.32 Å². The molecule has 20 heavy (non-hydrogen) atoms. The van der Waals surface area contributed by atoms with Crippen LogP contribution in [0.4, 0.5) is 5.69 Å². The van der Waals surface area contributed by atoms with Gasteiger partial charge >= 0.3 is 0 Å². The number of carbonyl (C=O) groups is 1. The van der Waals surface area contributed by atoms with Crippen LogP contribution in [0.15, 0.2) is 12.3 Å². The summed E-state index contributed by atoms with van der Waals surface area (Å²) in [4.78, 5) is 25.8. The summed E-state index contributed by atoms with van der Waals surface area (Å²) >= 11 is 5.66. The summed E-state index contributed by atoms with van der Waals surface area (Å²) in [6.45, 7) is 0.0724. The molecule has 8 heteroatoms. The molecule has 0 bridgehead atoms. The summed E-state index contributed by atoms with van der Waals surface area (Å²) in [7, 11) is 0. The van der Waals surface area contributed by atoms with Crippen molar-refractivity contribution in [3.05, 3.63) is 33.1 Å². The van der Waals surface area contributed by atoms with Gasteiger partial charge in [0.1, 0.15) is 16.9 Å². The number of aliphatic hydroxyl groups is 1. The maximum atomic E-state index is 12.0. The Morgan fingerprint density at radius 3 is 2.80 bits per heavy atom. The molecule has 1 aromatic rings. The number of nitrogens with zero attached hydrogens (tertiary/aromatic N) is 2. The van der Waals surface area contributed by atoms with Gasteiger partial charge in [-0.15, -0.1) is 0 Å². The van der Waals surface area contributed by atoms with Crippen LogP contribution in [0.1, 0.15) is 36.0 Å². The molecule has 0 radical (unpaired) electrons. The highest BCUT2D eigenvalue weighted by molar-refractivity contribution is 6.29. The number of hydrogen-bond donors (Lipinski definition) is 2. The molecule has 1 amide bonds. The SMILES string of the molecule is O=C(NCC1(O)CCCC1)c1cc(Cl)ncc1[N+](=O)[O-]. The van der Waals surface area contributed by atoms with E-state index in [2.05, 4.69) is 10.3 Å². The third kappa shape index (κ3) is 3.23. The predicted octanol–water partition coefficient (Wildman–Crippen LogP) is 1.68. The molecule has 0 aromatic carbocycles. The Morgan fingerprint density at radius 1 is 1.55 bits per heavy atom. The zero-order valence-corrected chi connectivity index (χ0v) is 11.4. The van der Waals surface area contributed by atoms with Crippen LogP contribution in [-0.2, 0) is 0 Å². The monoisotopic (exact) mass is 299 g/mol. The number of amides is 1. The second-order valence-electron chi connectivity index (χ2n) is 4.90. The molecule has 1 aromatic heterocycles. The number of hydrogen-bond acceptors (Lipinski definition) is 5. The average molecular weight is 300 g/mol. The molecule has 2 rings (SSSR count). The van der Waals surface area contributed by atoms with E-state index in [1.54, 1.807) is 0 Å². The summed E-state index contributed by atoms with van der Waals surface area (Å²) < 4.78 is 0. The minimum Gasteiger partial charge on any atom is -0.388 e. The topological polar surface area (TPSA) is 105 Å². The van der Waals surface area contributed by atoms with Crippen LogP contribution in [0.3, 0.4) is 0 Å². The fraction of sp³-hybridized carbons (Fsp3) is 0.500. The Balaban J connectivity index is 2.12. The van der Waals surface area contributed by atoms with Crippen molar-refractivity contribution in [1.82, 2.24) is 10.3 Å². The predicted molar refractivity (Wildman–Crippen MR) is 71.7 cm³/mol. The van der Waals surface area contributed by atoms with E-state index in [0.29, 0.717) is 12.8 Å². The summed E-state index contributed by atoms with van der Waals surface area (Å²) in [6.07, 6.45) is 4.00. The Kier molecular flexibility index (Phi) is 4.20. The summed E-state index contributed by atoms with van der Waals surface area (Å²) in [5.41, 5.74) is -1.48. The standard InChI is InChI=1S/C12H14ClN3O4/c13-10-5-8(9(6-14-10)16(19)20)11(17)15-7-12(18)3-1-2-4-12/h5-6,18H,1-4,7H2,(H,15,17). The molecule has 1 heterocycles. The van der Waals surface area contributed by atoms with Crippen LogP contribution in [0.25, 0.3) is 0 Å².